The van der Waals surface area contributed by atoms with Crippen LogP contribution in [0.4, 0.5) is 11.4 Å². The number of hydrogen-bond donors (Lipinski definition) is 2. The van der Waals surface area contributed by atoms with E-state index >= 15 is 0 Å². The molecule has 0 aliphatic heterocycles. The van der Waals surface area contributed by atoms with Crippen molar-refractivity contribution in [2.24, 2.45) is 5.73 Å². The Morgan fingerprint density at radius 2 is 1.86 bits per heavy atom. The van der Waals surface area contributed by atoms with Gasteiger partial charge in [0.25, 0.3) is 5.91 Å². The molecule has 0 saturated heterocycles. The monoisotopic (exact) mass is 283 g/mol. The molecule has 4 heteroatoms. The number of nitrogens with two attached hydrogens (primary N) is 1. The largest absolute Gasteiger partial charge is 0.378 e. The molecule has 4 nitrogen and oxygen atoms in total. The zero-order valence-corrected chi connectivity index (χ0v) is 12.5. The van der Waals surface area contributed by atoms with Crippen LogP contribution in [-0.2, 0) is 6.42 Å². The van der Waals surface area contributed by atoms with E-state index in [2.05, 4.69) is 5.32 Å². The molecule has 0 unspecified atom stereocenters. The molecule has 0 atom stereocenters. The minimum Gasteiger partial charge on any atom is -0.378 e. The van der Waals surface area contributed by atoms with Gasteiger partial charge in [-0.15, -0.1) is 0 Å². The van der Waals surface area contributed by atoms with Crippen molar-refractivity contribution in [1.29, 1.82) is 0 Å². The quantitative estimate of drug-likeness (QED) is 0.886. The highest BCUT2D eigenvalue weighted by Crippen LogP contribution is 2.16. The molecule has 0 radical (unpaired) electrons. The van der Waals surface area contributed by atoms with Crippen LogP contribution in [0.5, 0.6) is 0 Å². The molecule has 0 saturated carbocycles. The van der Waals surface area contributed by atoms with E-state index in [9.17, 15) is 4.79 Å². The summed E-state index contributed by atoms with van der Waals surface area (Å²) in [7, 11) is 3.90. The lowest BCUT2D eigenvalue weighted by Gasteiger charge is -2.13. The van der Waals surface area contributed by atoms with Crippen LogP contribution < -0.4 is 16.0 Å². The summed E-state index contributed by atoms with van der Waals surface area (Å²) >= 11 is 0. The van der Waals surface area contributed by atoms with Crippen molar-refractivity contribution in [3.05, 3.63) is 59.7 Å². The maximum Gasteiger partial charge on any atom is 0.255 e. The third-order valence-corrected chi connectivity index (χ3v) is 3.27. The molecule has 2 aromatic rings. The van der Waals surface area contributed by atoms with Gasteiger partial charge in [-0.05, 0) is 48.9 Å². The molecular formula is C17H21N3O. The number of carbonyl (C=O) groups is 1. The minimum absolute atomic E-state index is 0.106. The molecule has 0 heterocycles. The molecule has 110 valence electrons. The normalized spacial score (nSPS) is 10.2. The predicted octanol–water partition coefficient (Wildman–Crippen LogP) is 2.51. The third kappa shape index (κ3) is 4.07. The van der Waals surface area contributed by atoms with Crippen molar-refractivity contribution in [3.8, 4) is 0 Å². The Labute approximate surface area is 125 Å². The molecule has 0 aromatic heterocycles. The highest BCUT2D eigenvalue weighted by Gasteiger charge is 2.07. The first-order valence-electron chi connectivity index (χ1n) is 6.98. The fraction of sp³-hybridized carbons (Fsp3) is 0.235. The van der Waals surface area contributed by atoms with Gasteiger partial charge >= 0.3 is 0 Å². The van der Waals surface area contributed by atoms with Crippen molar-refractivity contribution >= 4 is 17.3 Å². The van der Waals surface area contributed by atoms with Crippen LogP contribution in [0.2, 0.25) is 0 Å². The predicted molar refractivity (Wildman–Crippen MR) is 87.9 cm³/mol. The van der Waals surface area contributed by atoms with Gasteiger partial charge in [-0.3, -0.25) is 4.79 Å². The van der Waals surface area contributed by atoms with Gasteiger partial charge in [0.15, 0.2) is 0 Å². The minimum atomic E-state index is -0.106. The van der Waals surface area contributed by atoms with Crippen molar-refractivity contribution in [3.63, 3.8) is 0 Å². The van der Waals surface area contributed by atoms with Gasteiger partial charge < -0.3 is 16.0 Å². The number of benzene rings is 2. The zero-order valence-electron chi connectivity index (χ0n) is 12.5. The van der Waals surface area contributed by atoms with Gasteiger partial charge in [0.05, 0.1) is 0 Å². The number of nitrogens with zero attached hydrogens (tertiary/aromatic N) is 1. The summed E-state index contributed by atoms with van der Waals surface area (Å²) in [5, 5.41) is 2.90. The summed E-state index contributed by atoms with van der Waals surface area (Å²) in [5.74, 6) is -0.106. The SMILES string of the molecule is CN(C)c1cccc(C(=O)Nc2ccc(CCN)cc2)c1. The topological polar surface area (TPSA) is 58.4 Å². The molecule has 0 aliphatic rings. The first-order valence-corrected chi connectivity index (χ1v) is 6.98. The summed E-state index contributed by atoms with van der Waals surface area (Å²) in [5.41, 5.74) is 9.13. The van der Waals surface area contributed by atoms with E-state index in [1.807, 2.05) is 67.5 Å². The molecule has 3 N–H and O–H groups in total. The van der Waals surface area contributed by atoms with Crippen molar-refractivity contribution in [2.45, 2.75) is 6.42 Å². The van der Waals surface area contributed by atoms with E-state index in [0.29, 0.717) is 12.1 Å². The maximum atomic E-state index is 12.2. The fourth-order valence-electron chi connectivity index (χ4n) is 2.05. The van der Waals surface area contributed by atoms with Gasteiger partial charge in [-0.2, -0.15) is 0 Å². The van der Waals surface area contributed by atoms with E-state index < -0.39 is 0 Å². The summed E-state index contributed by atoms with van der Waals surface area (Å²) in [6.45, 7) is 0.628. The van der Waals surface area contributed by atoms with Crippen molar-refractivity contribution in [2.75, 3.05) is 30.9 Å². The highest BCUT2D eigenvalue weighted by atomic mass is 16.1. The Balaban J connectivity index is 2.08. The average molecular weight is 283 g/mol. The van der Waals surface area contributed by atoms with E-state index in [0.717, 1.165) is 17.8 Å². The number of hydrogen-bond acceptors (Lipinski definition) is 3. The van der Waals surface area contributed by atoms with E-state index in [1.165, 1.54) is 5.56 Å². The molecule has 21 heavy (non-hydrogen) atoms. The van der Waals surface area contributed by atoms with Gasteiger partial charge in [0, 0.05) is 31.0 Å². The molecule has 0 aliphatic carbocycles. The average Bonchev–Trinajstić information content (AvgIpc) is 2.49. The number of amides is 1. The summed E-state index contributed by atoms with van der Waals surface area (Å²) in [6, 6.07) is 15.3. The van der Waals surface area contributed by atoms with Crippen LogP contribution in [0.25, 0.3) is 0 Å². The van der Waals surface area contributed by atoms with Crippen molar-refractivity contribution < 1.29 is 4.79 Å². The van der Waals surface area contributed by atoms with Crippen molar-refractivity contribution in [1.82, 2.24) is 0 Å². The smallest absolute Gasteiger partial charge is 0.255 e. The van der Waals surface area contributed by atoms with Gasteiger partial charge in [0.2, 0.25) is 0 Å². The maximum absolute atomic E-state index is 12.2. The van der Waals surface area contributed by atoms with Crippen LogP contribution in [-0.4, -0.2) is 26.5 Å². The molecule has 2 aromatic carbocycles. The third-order valence-electron chi connectivity index (χ3n) is 3.27. The molecule has 2 rings (SSSR count). The van der Waals surface area contributed by atoms with E-state index in [4.69, 9.17) is 5.73 Å². The highest BCUT2D eigenvalue weighted by molar-refractivity contribution is 6.04. The first kappa shape index (κ1) is 15.1. The molecule has 0 spiro atoms. The Kier molecular flexibility index (Phi) is 4.95. The lowest BCUT2D eigenvalue weighted by atomic mass is 10.1. The molecular weight excluding hydrogens is 262 g/mol. The number of carbonyl (C=O) groups excluding carboxylic acids is 1. The number of rotatable bonds is 5. The summed E-state index contributed by atoms with van der Waals surface area (Å²) < 4.78 is 0. The lowest BCUT2D eigenvalue weighted by Crippen LogP contribution is -2.14. The fourth-order valence-corrected chi connectivity index (χ4v) is 2.05. The Morgan fingerprint density at radius 1 is 1.14 bits per heavy atom. The standard InChI is InChI=1S/C17H21N3O/c1-20(2)16-5-3-4-14(12-16)17(21)19-15-8-6-13(7-9-15)10-11-18/h3-9,12H,10-11,18H2,1-2H3,(H,19,21). The van der Waals surface area contributed by atoms with Crippen LogP contribution in [0.15, 0.2) is 48.5 Å². The second kappa shape index (κ2) is 6.90. The van der Waals surface area contributed by atoms with Crippen LogP contribution in [0.1, 0.15) is 15.9 Å². The Bertz CT molecular complexity index is 606. The zero-order chi connectivity index (χ0) is 15.2. The second-order valence-electron chi connectivity index (χ2n) is 5.13. The van der Waals surface area contributed by atoms with Gasteiger partial charge in [-0.1, -0.05) is 18.2 Å². The lowest BCUT2D eigenvalue weighted by molar-refractivity contribution is 0.102. The Hall–Kier alpha value is -2.33. The van der Waals surface area contributed by atoms with Gasteiger partial charge in [-0.25, -0.2) is 0 Å². The summed E-state index contributed by atoms with van der Waals surface area (Å²) in [6.07, 6.45) is 0.846. The molecule has 0 bridgehead atoms. The number of nitrogens with one attached hydrogen (secondary N) is 1. The van der Waals surface area contributed by atoms with E-state index in [-0.39, 0.29) is 5.91 Å². The molecule has 1 amide bonds. The van der Waals surface area contributed by atoms with Crippen LogP contribution in [0, 0.1) is 0 Å². The summed E-state index contributed by atoms with van der Waals surface area (Å²) in [4.78, 5) is 14.2. The van der Waals surface area contributed by atoms with Crippen LogP contribution in [0.3, 0.4) is 0 Å². The van der Waals surface area contributed by atoms with Gasteiger partial charge in [0.1, 0.15) is 0 Å². The van der Waals surface area contributed by atoms with Crippen LogP contribution >= 0.6 is 0 Å². The first-order chi connectivity index (χ1) is 10.1. The molecule has 0 fully saturated rings. The second-order valence-corrected chi connectivity index (χ2v) is 5.13. The Morgan fingerprint density at radius 3 is 2.48 bits per heavy atom. The van der Waals surface area contributed by atoms with E-state index in [1.54, 1.807) is 0 Å². The number of anilines is 2.